The average molecular weight is 253 g/mol. The van der Waals surface area contributed by atoms with Gasteiger partial charge in [-0.3, -0.25) is 4.90 Å². The summed E-state index contributed by atoms with van der Waals surface area (Å²) in [4.78, 5) is 5.26. The Morgan fingerprint density at radius 1 is 1.22 bits per heavy atom. The van der Waals surface area contributed by atoms with E-state index in [1.54, 1.807) is 0 Å². The minimum atomic E-state index is 0.291. The molecule has 0 amide bonds. The first-order chi connectivity index (χ1) is 8.72. The highest BCUT2D eigenvalue weighted by molar-refractivity contribution is 4.98. The van der Waals surface area contributed by atoms with Gasteiger partial charge in [0, 0.05) is 18.1 Å². The quantitative estimate of drug-likeness (QED) is 0.814. The predicted molar refractivity (Wildman–Crippen MR) is 77.8 cm³/mol. The van der Waals surface area contributed by atoms with Gasteiger partial charge in [-0.1, -0.05) is 19.8 Å². The largest absolute Gasteiger partial charge is 0.329 e. The molecule has 18 heavy (non-hydrogen) atoms. The highest BCUT2D eigenvalue weighted by Gasteiger charge is 2.40. The van der Waals surface area contributed by atoms with Crippen LogP contribution in [0.1, 0.15) is 51.9 Å². The molecule has 3 nitrogen and oxygen atoms in total. The number of likely N-dealkylation sites (N-methyl/N-ethyl adjacent to an activating group) is 1. The van der Waals surface area contributed by atoms with E-state index in [-0.39, 0.29) is 0 Å². The standard InChI is InChI=1S/C15H31N3/c1-3-10-18-11-8-15(13-16,9-12-18)17(2)14-6-4-5-7-14/h14H,3-13,16H2,1-2H3. The fourth-order valence-electron chi connectivity index (χ4n) is 3.89. The van der Waals surface area contributed by atoms with Crippen molar-refractivity contribution in [1.82, 2.24) is 9.80 Å². The van der Waals surface area contributed by atoms with Gasteiger partial charge >= 0.3 is 0 Å². The van der Waals surface area contributed by atoms with E-state index in [1.807, 2.05) is 0 Å². The van der Waals surface area contributed by atoms with E-state index in [9.17, 15) is 0 Å². The maximum atomic E-state index is 6.17. The summed E-state index contributed by atoms with van der Waals surface area (Å²) in [6.07, 6.45) is 9.39. The lowest BCUT2D eigenvalue weighted by Gasteiger charge is -2.49. The molecule has 106 valence electrons. The fourth-order valence-corrected chi connectivity index (χ4v) is 3.89. The van der Waals surface area contributed by atoms with Gasteiger partial charge in [0.1, 0.15) is 0 Å². The maximum absolute atomic E-state index is 6.17. The Bertz CT molecular complexity index is 240. The molecule has 1 saturated carbocycles. The zero-order valence-corrected chi connectivity index (χ0v) is 12.3. The molecule has 2 rings (SSSR count). The lowest BCUT2D eigenvalue weighted by atomic mass is 9.84. The van der Waals surface area contributed by atoms with E-state index >= 15 is 0 Å². The molecule has 2 N–H and O–H groups in total. The van der Waals surface area contributed by atoms with Gasteiger partial charge in [0.15, 0.2) is 0 Å². The highest BCUT2D eigenvalue weighted by atomic mass is 15.2. The van der Waals surface area contributed by atoms with Gasteiger partial charge < -0.3 is 10.6 Å². The summed E-state index contributed by atoms with van der Waals surface area (Å²) in [5.74, 6) is 0. The molecule has 1 aliphatic carbocycles. The summed E-state index contributed by atoms with van der Waals surface area (Å²) in [6, 6.07) is 0.797. The van der Waals surface area contributed by atoms with Gasteiger partial charge in [-0.25, -0.2) is 0 Å². The molecule has 2 aliphatic rings. The Morgan fingerprint density at radius 3 is 2.33 bits per heavy atom. The molecule has 0 spiro atoms. The van der Waals surface area contributed by atoms with Crippen molar-refractivity contribution < 1.29 is 0 Å². The normalized spacial score (nSPS) is 26.0. The fraction of sp³-hybridized carbons (Fsp3) is 1.00. The van der Waals surface area contributed by atoms with Crippen molar-refractivity contribution in [2.24, 2.45) is 5.73 Å². The number of hydrogen-bond acceptors (Lipinski definition) is 3. The van der Waals surface area contributed by atoms with E-state index in [1.165, 1.54) is 64.6 Å². The zero-order valence-electron chi connectivity index (χ0n) is 12.3. The summed E-state index contributed by atoms with van der Waals surface area (Å²) in [7, 11) is 2.33. The van der Waals surface area contributed by atoms with E-state index in [2.05, 4.69) is 23.8 Å². The van der Waals surface area contributed by atoms with Gasteiger partial charge in [-0.15, -0.1) is 0 Å². The Kier molecular flexibility index (Phi) is 5.05. The summed E-state index contributed by atoms with van der Waals surface area (Å²) < 4.78 is 0. The minimum Gasteiger partial charge on any atom is -0.329 e. The van der Waals surface area contributed by atoms with E-state index in [4.69, 9.17) is 5.73 Å². The first-order valence-corrected chi connectivity index (χ1v) is 7.87. The molecular weight excluding hydrogens is 222 g/mol. The van der Waals surface area contributed by atoms with Crippen molar-refractivity contribution in [3.63, 3.8) is 0 Å². The summed E-state index contributed by atoms with van der Waals surface area (Å²) in [5, 5.41) is 0. The summed E-state index contributed by atoms with van der Waals surface area (Å²) >= 11 is 0. The highest BCUT2D eigenvalue weighted by Crippen LogP contribution is 2.33. The number of likely N-dealkylation sites (tertiary alicyclic amines) is 1. The maximum Gasteiger partial charge on any atom is 0.0355 e. The molecule has 1 aliphatic heterocycles. The van der Waals surface area contributed by atoms with Gasteiger partial charge in [-0.2, -0.15) is 0 Å². The molecule has 1 heterocycles. The van der Waals surface area contributed by atoms with E-state index in [0.717, 1.165) is 12.6 Å². The van der Waals surface area contributed by atoms with Crippen LogP contribution in [0.25, 0.3) is 0 Å². The van der Waals surface area contributed by atoms with Gasteiger partial charge in [0.05, 0.1) is 0 Å². The minimum absolute atomic E-state index is 0.291. The first kappa shape index (κ1) is 14.3. The van der Waals surface area contributed by atoms with Crippen LogP contribution in [-0.2, 0) is 0 Å². The summed E-state index contributed by atoms with van der Waals surface area (Å²) in [5.41, 5.74) is 6.46. The van der Waals surface area contributed by atoms with Crippen LogP contribution in [0.2, 0.25) is 0 Å². The van der Waals surface area contributed by atoms with E-state index < -0.39 is 0 Å². The van der Waals surface area contributed by atoms with Crippen LogP contribution in [0.4, 0.5) is 0 Å². The number of piperidine rings is 1. The summed E-state index contributed by atoms with van der Waals surface area (Å²) in [6.45, 7) is 6.84. The van der Waals surface area contributed by atoms with Crippen molar-refractivity contribution in [2.45, 2.75) is 63.5 Å². The third kappa shape index (κ3) is 2.89. The van der Waals surface area contributed by atoms with Crippen molar-refractivity contribution in [1.29, 1.82) is 0 Å². The molecule has 0 aromatic carbocycles. The van der Waals surface area contributed by atoms with Crippen LogP contribution in [0.3, 0.4) is 0 Å². The molecule has 0 aromatic rings. The Balaban J connectivity index is 1.94. The number of nitrogens with zero attached hydrogens (tertiary/aromatic N) is 2. The molecule has 2 fully saturated rings. The Morgan fingerprint density at radius 2 is 1.83 bits per heavy atom. The molecular formula is C15H31N3. The third-order valence-electron chi connectivity index (χ3n) is 5.33. The second-order valence-electron chi connectivity index (χ2n) is 6.32. The lowest BCUT2D eigenvalue weighted by molar-refractivity contribution is 0.0180. The SMILES string of the molecule is CCCN1CCC(CN)(N(C)C2CCCC2)CC1. The topological polar surface area (TPSA) is 32.5 Å². The van der Waals surface area contributed by atoms with Crippen LogP contribution in [-0.4, -0.2) is 54.6 Å². The monoisotopic (exact) mass is 253 g/mol. The molecule has 3 heteroatoms. The van der Waals surface area contributed by atoms with Crippen LogP contribution in [0.15, 0.2) is 0 Å². The first-order valence-electron chi connectivity index (χ1n) is 7.87. The number of nitrogens with two attached hydrogens (primary N) is 1. The predicted octanol–water partition coefficient (Wildman–Crippen LogP) is 2.06. The molecule has 0 aromatic heterocycles. The van der Waals surface area contributed by atoms with Gasteiger partial charge in [0.25, 0.3) is 0 Å². The number of rotatable bonds is 5. The van der Waals surface area contributed by atoms with Crippen LogP contribution in [0.5, 0.6) is 0 Å². The van der Waals surface area contributed by atoms with Crippen molar-refractivity contribution >= 4 is 0 Å². The van der Waals surface area contributed by atoms with Crippen molar-refractivity contribution in [3.05, 3.63) is 0 Å². The third-order valence-corrected chi connectivity index (χ3v) is 5.33. The lowest BCUT2D eigenvalue weighted by Crippen LogP contribution is -2.60. The average Bonchev–Trinajstić information content (AvgIpc) is 2.93. The Hall–Kier alpha value is -0.120. The van der Waals surface area contributed by atoms with Crippen molar-refractivity contribution in [2.75, 3.05) is 33.2 Å². The van der Waals surface area contributed by atoms with Crippen LogP contribution < -0.4 is 5.73 Å². The molecule has 0 atom stereocenters. The molecule has 0 bridgehead atoms. The zero-order chi connectivity index (χ0) is 13.0. The molecule has 0 unspecified atom stereocenters. The van der Waals surface area contributed by atoms with Crippen LogP contribution in [0, 0.1) is 0 Å². The van der Waals surface area contributed by atoms with Gasteiger partial charge in [0.2, 0.25) is 0 Å². The molecule has 0 radical (unpaired) electrons. The van der Waals surface area contributed by atoms with Crippen molar-refractivity contribution in [3.8, 4) is 0 Å². The number of hydrogen-bond donors (Lipinski definition) is 1. The Labute approximate surface area is 113 Å². The second kappa shape index (κ2) is 6.36. The second-order valence-corrected chi connectivity index (χ2v) is 6.32. The van der Waals surface area contributed by atoms with E-state index in [0.29, 0.717) is 5.54 Å². The smallest absolute Gasteiger partial charge is 0.0355 e. The molecule has 1 saturated heterocycles. The van der Waals surface area contributed by atoms with Gasteiger partial charge in [-0.05, 0) is 58.8 Å². The van der Waals surface area contributed by atoms with Crippen LogP contribution >= 0.6 is 0 Å².